The lowest BCUT2D eigenvalue weighted by Gasteiger charge is -2.04. The van der Waals surface area contributed by atoms with E-state index in [1.165, 1.54) is 6.92 Å². The maximum atomic E-state index is 13.0. The first-order chi connectivity index (χ1) is 6.07. The summed E-state index contributed by atoms with van der Waals surface area (Å²) in [5.74, 6) is -0.979. The molecule has 1 heterocycles. The molecule has 0 saturated carbocycles. The first-order valence-corrected chi connectivity index (χ1v) is 3.46. The molecular weight excluding hydrogens is 183 g/mol. The number of hydrogen-bond donors (Lipinski definition) is 0. The van der Waals surface area contributed by atoms with E-state index < -0.39 is 23.4 Å². The van der Waals surface area contributed by atoms with Gasteiger partial charge in [0.15, 0.2) is 12.1 Å². The Balaban J connectivity index is 3.38. The SMILES string of the molecule is Cc1ncc(C(F)F)c(C=O)c1F. The molecule has 0 unspecified atom stereocenters. The highest BCUT2D eigenvalue weighted by molar-refractivity contribution is 5.77. The molecule has 0 N–H and O–H groups in total. The summed E-state index contributed by atoms with van der Waals surface area (Å²) >= 11 is 0. The molecule has 1 aromatic heterocycles. The van der Waals surface area contributed by atoms with Gasteiger partial charge in [-0.2, -0.15) is 0 Å². The van der Waals surface area contributed by atoms with E-state index in [1.807, 2.05) is 0 Å². The number of carbonyl (C=O) groups is 1. The van der Waals surface area contributed by atoms with Gasteiger partial charge in [-0.3, -0.25) is 9.78 Å². The van der Waals surface area contributed by atoms with Gasteiger partial charge in [0.25, 0.3) is 6.43 Å². The fourth-order valence-electron chi connectivity index (χ4n) is 0.908. The Bertz CT molecular complexity index is 338. The topological polar surface area (TPSA) is 30.0 Å². The number of halogens is 3. The zero-order valence-corrected chi connectivity index (χ0v) is 6.72. The molecule has 0 amide bonds. The van der Waals surface area contributed by atoms with Crippen molar-refractivity contribution in [1.82, 2.24) is 4.98 Å². The maximum absolute atomic E-state index is 13.0. The van der Waals surface area contributed by atoms with Crippen LogP contribution < -0.4 is 0 Å². The monoisotopic (exact) mass is 189 g/mol. The van der Waals surface area contributed by atoms with Gasteiger partial charge in [0, 0.05) is 11.8 Å². The fraction of sp³-hybridized carbons (Fsp3) is 0.250. The minimum Gasteiger partial charge on any atom is -0.298 e. The van der Waals surface area contributed by atoms with Crippen molar-refractivity contribution >= 4 is 6.29 Å². The summed E-state index contributed by atoms with van der Waals surface area (Å²) in [7, 11) is 0. The van der Waals surface area contributed by atoms with Crippen LogP contribution >= 0.6 is 0 Å². The number of aldehydes is 1. The molecule has 2 nitrogen and oxygen atoms in total. The predicted octanol–water partition coefficient (Wildman–Crippen LogP) is 2.28. The van der Waals surface area contributed by atoms with Gasteiger partial charge < -0.3 is 0 Å². The van der Waals surface area contributed by atoms with E-state index in [0.717, 1.165) is 6.20 Å². The highest BCUT2D eigenvalue weighted by atomic mass is 19.3. The Kier molecular flexibility index (Phi) is 2.65. The van der Waals surface area contributed by atoms with Crippen LogP contribution in [0.2, 0.25) is 0 Å². The number of aromatic nitrogens is 1. The van der Waals surface area contributed by atoms with Crippen molar-refractivity contribution in [3.8, 4) is 0 Å². The van der Waals surface area contributed by atoms with Gasteiger partial charge in [-0.05, 0) is 6.92 Å². The van der Waals surface area contributed by atoms with Crippen LogP contribution in [0.25, 0.3) is 0 Å². The van der Waals surface area contributed by atoms with Crippen molar-refractivity contribution in [2.45, 2.75) is 13.3 Å². The zero-order valence-electron chi connectivity index (χ0n) is 6.72. The van der Waals surface area contributed by atoms with Crippen molar-refractivity contribution < 1.29 is 18.0 Å². The van der Waals surface area contributed by atoms with Crippen LogP contribution in [0.1, 0.15) is 28.0 Å². The normalized spacial score (nSPS) is 10.5. The average molecular weight is 189 g/mol. The maximum Gasteiger partial charge on any atom is 0.266 e. The van der Waals surface area contributed by atoms with E-state index in [2.05, 4.69) is 4.98 Å². The summed E-state index contributed by atoms with van der Waals surface area (Å²) in [6, 6.07) is 0. The van der Waals surface area contributed by atoms with Gasteiger partial charge in [-0.25, -0.2) is 13.2 Å². The largest absolute Gasteiger partial charge is 0.298 e. The highest BCUT2D eigenvalue weighted by Crippen LogP contribution is 2.23. The number of rotatable bonds is 2. The first-order valence-electron chi connectivity index (χ1n) is 3.46. The zero-order chi connectivity index (χ0) is 10.0. The van der Waals surface area contributed by atoms with Crippen molar-refractivity contribution in [3.63, 3.8) is 0 Å². The van der Waals surface area contributed by atoms with Crippen molar-refractivity contribution in [2.75, 3.05) is 0 Å². The van der Waals surface area contributed by atoms with E-state index in [9.17, 15) is 18.0 Å². The fourth-order valence-corrected chi connectivity index (χ4v) is 0.908. The lowest BCUT2D eigenvalue weighted by Crippen LogP contribution is -2.02. The van der Waals surface area contributed by atoms with Gasteiger partial charge in [0.1, 0.15) is 0 Å². The van der Waals surface area contributed by atoms with E-state index in [4.69, 9.17) is 0 Å². The summed E-state index contributed by atoms with van der Waals surface area (Å²) in [5, 5.41) is 0. The van der Waals surface area contributed by atoms with Gasteiger partial charge >= 0.3 is 0 Å². The number of carbonyl (C=O) groups excluding carboxylic acids is 1. The molecule has 0 saturated heterocycles. The van der Waals surface area contributed by atoms with Crippen molar-refractivity contribution in [3.05, 3.63) is 28.8 Å². The summed E-state index contributed by atoms with van der Waals surface area (Å²) in [6.07, 6.45) is -2.00. The third-order valence-corrected chi connectivity index (χ3v) is 1.62. The number of hydrogen-bond acceptors (Lipinski definition) is 2. The van der Waals surface area contributed by atoms with Crippen LogP contribution in [0, 0.1) is 12.7 Å². The molecular formula is C8H6F3NO. The molecule has 0 atom stereocenters. The van der Waals surface area contributed by atoms with Crippen LogP contribution in [0.3, 0.4) is 0 Å². The smallest absolute Gasteiger partial charge is 0.266 e. The minimum atomic E-state index is -2.89. The molecule has 0 fully saturated rings. The third kappa shape index (κ3) is 1.68. The second-order valence-corrected chi connectivity index (χ2v) is 2.45. The molecule has 0 bridgehead atoms. The lowest BCUT2D eigenvalue weighted by atomic mass is 10.1. The van der Waals surface area contributed by atoms with Crippen LogP contribution in [-0.2, 0) is 0 Å². The number of alkyl halides is 2. The first kappa shape index (κ1) is 9.70. The molecule has 5 heteroatoms. The molecule has 1 aromatic rings. The lowest BCUT2D eigenvalue weighted by molar-refractivity contribution is 0.110. The number of nitrogens with zero attached hydrogens (tertiary/aromatic N) is 1. The van der Waals surface area contributed by atoms with Gasteiger partial charge in [0.2, 0.25) is 0 Å². The summed E-state index contributed by atoms with van der Waals surface area (Å²) < 4.78 is 37.3. The van der Waals surface area contributed by atoms with Crippen molar-refractivity contribution in [1.29, 1.82) is 0 Å². The van der Waals surface area contributed by atoms with E-state index in [0.29, 0.717) is 0 Å². The second-order valence-electron chi connectivity index (χ2n) is 2.45. The Morgan fingerprint density at radius 2 is 2.15 bits per heavy atom. The second kappa shape index (κ2) is 3.55. The van der Waals surface area contributed by atoms with Gasteiger partial charge in [0.05, 0.1) is 11.3 Å². The summed E-state index contributed by atoms with van der Waals surface area (Å²) in [6.45, 7) is 1.30. The van der Waals surface area contributed by atoms with Crippen LogP contribution in [0.5, 0.6) is 0 Å². The van der Waals surface area contributed by atoms with Crippen LogP contribution in [0.15, 0.2) is 6.20 Å². The van der Waals surface area contributed by atoms with Crippen LogP contribution in [-0.4, -0.2) is 11.3 Å². The molecule has 0 aromatic carbocycles. The molecule has 0 radical (unpaired) electrons. The van der Waals surface area contributed by atoms with Gasteiger partial charge in [-0.1, -0.05) is 0 Å². The van der Waals surface area contributed by atoms with E-state index in [-0.39, 0.29) is 12.0 Å². The Hall–Kier alpha value is -1.39. The molecule has 1 rings (SSSR count). The van der Waals surface area contributed by atoms with E-state index in [1.54, 1.807) is 0 Å². The number of aryl methyl sites for hydroxylation is 1. The Labute approximate surface area is 72.4 Å². The molecule has 13 heavy (non-hydrogen) atoms. The molecule has 0 aliphatic rings. The molecule has 70 valence electrons. The molecule has 0 spiro atoms. The standard InChI is InChI=1S/C8H6F3NO/c1-4-7(9)6(3-13)5(2-12-4)8(10)11/h2-3,8H,1H3. The Morgan fingerprint density at radius 3 is 2.62 bits per heavy atom. The highest BCUT2D eigenvalue weighted by Gasteiger charge is 2.18. The quantitative estimate of drug-likeness (QED) is 0.668. The van der Waals surface area contributed by atoms with E-state index >= 15 is 0 Å². The third-order valence-electron chi connectivity index (χ3n) is 1.62. The number of pyridine rings is 1. The van der Waals surface area contributed by atoms with Gasteiger partial charge in [-0.15, -0.1) is 0 Å². The van der Waals surface area contributed by atoms with Crippen LogP contribution in [0.4, 0.5) is 13.2 Å². The average Bonchev–Trinajstić information content (AvgIpc) is 2.09. The molecule has 0 aliphatic carbocycles. The van der Waals surface area contributed by atoms with Crippen molar-refractivity contribution in [2.24, 2.45) is 0 Å². The predicted molar refractivity (Wildman–Crippen MR) is 39.3 cm³/mol. The summed E-state index contributed by atoms with van der Waals surface area (Å²) in [4.78, 5) is 13.7. The molecule has 0 aliphatic heterocycles. The minimum absolute atomic E-state index is 0.0634. The Morgan fingerprint density at radius 1 is 1.54 bits per heavy atom. The summed E-state index contributed by atoms with van der Waals surface area (Å²) in [5.41, 5.74) is -1.34.